The van der Waals surface area contributed by atoms with Crippen molar-refractivity contribution < 1.29 is 99.5 Å². The normalized spacial score (nSPS) is 14.6. The molecule has 0 aromatic rings. The minimum Gasteiger partial charge on any atom is -0.743 e. The van der Waals surface area contributed by atoms with Gasteiger partial charge in [-0.1, -0.05) is 19.8 Å². The fraction of sp³-hybridized carbons (Fsp3) is 1.00. The van der Waals surface area contributed by atoms with E-state index in [1.54, 1.807) is 0 Å². The number of rotatable bonds is 8. The van der Waals surface area contributed by atoms with Crippen LogP contribution in [0.3, 0.4) is 0 Å². The summed E-state index contributed by atoms with van der Waals surface area (Å²) in [6, 6.07) is 0. The predicted octanol–water partition coefficient (Wildman–Crippen LogP) is 0.615. The molecule has 0 aromatic carbocycles. The first kappa shape index (κ1) is 25.2. The minimum atomic E-state index is -7.28. The first-order valence-corrected chi connectivity index (χ1v) is 6.93. The zero-order valence-corrected chi connectivity index (χ0v) is 15.4. The fourth-order valence-electron chi connectivity index (χ4n) is 1.32. The molecular weight excluding hydrogens is 379 g/mol. The van der Waals surface area contributed by atoms with Gasteiger partial charge in [0.05, 0.1) is 0 Å². The summed E-state index contributed by atoms with van der Waals surface area (Å²) in [5.41, 5.74) is 0. The molecule has 128 valence electrons. The molecule has 0 amide bonds. The molecule has 0 rings (SSSR count). The van der Waals surface area contributed by atoms with Gasteiger partial charge in [-0.25, -0.2) is 8.42 Å². The Morgan fingerprint density at radius 3 is 1.59 bits per heavy atom. The van der Waals surface area contributed by atoms with Crippen LogP contribution < -0.4 is 51.4 Å². The van der Waals surface area contributed by atoms with E-state index >= 15 is 0 Å². The van der Waals surface area contributed by atoms with E-state index in [4.69, 9.17) is 0 Å². The first-order valence-electron chi connectivity index (χ1n) is 5.53. The molecule has 0 atom stereocenters. The van der Waals surface area contributed by atoms with Crippen molar-refractivity contribution in [3.8, 4) is 0 Å². The van der Waals surface area contributed by atoms with E-state index < -0.39 is 46.0 Å². The van der Waals surface area contributed by atoms with Gasteiger partial charge in [-0.15, -0.1) is 0 Å². The molecule has 0 aliphatic heterocycles. The van der Waals surface area contributed by atoms with Gasteiger partial charge in [-0.05, 0) is 6.42 Å². The summed E-state index contributed by atoms with van der Waals surface area (Å²) in [4.78, 5) is 0. The van der Waals surface area contributed by atoms with Crippen molar-refractivity contribution in [1.29, 1.82) is 0 Å². The fourth-order valence-corrected chi connectivity index (χ4v) is 1.77. The van der Waals surface area contributed by atoms with Gasteiger partial charge < -0.3 is 4.55 Å². The second-order valence-corrected chi connectivity index (χ2v) is 5.70. The Labute approximate surface area is 164 Å². The Hall–Kier alpha value is 0.986. The van der Waals surface area contributed by atoms with Crippen molar-refractivity contribution in [1.82, 2.24) is 0 Å². The summed E-state index contributed by atoms with van der Waals surface area (Å²) >= 11 is 0. The predicted molar refractivity (Wildman–Crippen MR) is 53.6 cm³/mol. The van der Waals surface area contributed by atoms with Crippen LogP contribution in [0.15, 0.2) is 0 Å². The van der Waals surface area contributed by atoms with Crippen LogP contribution in [0.2, 0.25) is 0 Å². The Bertz CT molecular complexity index is 465. The Kier molecular flexibility index (Phi) is 9.07. The van der Waals surface area contributed by atoms with Gasteiger partial charge in [0.2, 0.25) is 0 Å². The van der Waals surface area contributed by atoms with Crippen LogP contribution >= 0.6 is 0 Å². The van der Waals surface area contributed by atoms with Crippen LogP contribution in [0.4, 0.5) is 35.1 Å². The van der Waals surface area contributed by atoms with Crippen molar-refractivity contribution in [2.45, 2.75) is 55.6 Å². The summed E-state index contributed by atoms with van der Waals surface area (Å²) in [6.07, 6.45) is -2.35. The minimum absolute atomic E-state index is 0. The van der Waals surface area contributed by atoms with E-state index in [0.29, 0.717) is 0 Å². The molecule has 0 aromatic heterocycles. The Morgan fingerprint density at radius 2 is 1.27 bits per heavy atom. The van der Waals surface area contributed by atoms with Crippen LogP contribution in [-0.4, -0.2) is 36.0 Å². The van der Waals surface area contributed by atoms with Crippen molar-refractivity contribution >= 4 is 10.1 Å². The number of halogens is 8. The standard InChI is InChI=1S/C9H12F8O3S.K/c1-2-3-4-5-6(10,11)7(12,13)8(14,15)9(16,17)21(18,19)20;/h2-5H2,1H3,(H,18,19,20);/q;+1/p-1. The molecule has 0 fully saturated rings. The first-order chi connectivity index (χ1) is 9.06. The van der Waals surface area contributed by atoms with Crippen molar-refractivity contribution in [2.75, 3.05) is 0 Å². The molecule has 0 aliphatic rings. The summed E-state index contributed by atoms with van der Waals surface area (Å²) in [5.74, 6) is -19.4. The molecule has 0 heterocycles. The van der Waals surface area contributed by atoms with Crippen molar-refractivity contribution in [3.05, 3.63) is 0 Å². The van der Waals surface area contributed by atoms with E-state index in [9.17, 15) is 48.1 Å². The third-order valence-electron chi connectivity index (χ3n) is 2.63. The molecule has 0 saturated heterocycles. The van der Waals surface area contributed by atoms with E-state index in [1.165, 1.54) is 6.92 Å². The molecule has 0 N–H and O–H groups in total. The average molecular weight is 390 g/mol. The molecular formula is C9H11F8KO3S. The number of alkyl halides is 8. The molecule has 0 unspecified atom stereocenters. The van der Waals surface area contributed by atoms with Crippen LogP contribution in [0.1, 0.15) is 32.6 Å². The van der Waals surface area contributed by atoms with Crippen LogP contribution in [0.25, 0.3) is 0 Å². The topological polar surface area (TPSA) is 57.2 Å². The molecule has 13 heteroatoms. The van der Waals surface area contributed by atoms with Gasteiger partial charge in [-0.3, -0.25) is 0 Å². The Morgan fingerprint density at radius 1 is 0.864 bits per heavy atom. The van der Waals surface area contributed by atoms with Gasteiger partial charge >= 0.3 is 74.4 Å². The summed E-state index contributed by atoms with van der Waals surface area (Å²) in [7, 11) is -7.28. The monoisotopic (exact) mass is 390 g/mol. The largest absolute Gasteiger partial charge is 1.00 e. The van der Waals surface area contributed by atoms with E-state index in [-0.39, 0.29) is 64.2 Å². The molecule has 0 saturated carbocycles. The molecule has 3 nitrogen and oxygen atoms in total. The maximum Gasteiger partial charge on any atom is 1.00 e. The van der Waals surface area contributed by atoms with E-state index in [1.807, 2.05) is 0 Å². The zero-order valence-electron chi connectivity index (χ0n) is 11.5. The second-order valence-electron chi connectivity index (χ2n) is 4.28. The summed E-state index contributed by atoms with van der Waals surface area (Å²) < 4.78 is 133. The molecule has 0 spiro atoms. The number of hydrogen-bond acceptors (Lipinski definition) is 3. The van der Waals surface area contributed by atoms with Crippen LogP contribution in [-0.2, 0) is 10.1 Å². The summed E-state index contributed by atoms with van der Waals surface area (Å²) in [5, 5.41) is -6.88. The maximum absolute atomic E-state index is 13.1. The molecule has 0 bridgehead atoms. The Balaban J connectivity index is 0. The SMILES string of the molecule is CCCCCC(F)(F)C(F)(F)C(F)(F)C(F)(F)S(=O)(=O)[O-].[K+]. The third kappa shape index (κ3) is 4.54. The second kappa shape index (κ2) is 7.91. The molecule has 0 radical (unpaired) electrons. The van der Waals surface area contributed by atoms with Crippen molar-refractivity contribution in [3.63, 3.8) is 0 Å². The van der Waals surface area contributed by atoms with Gasteiger partial charge in [0.25, 0.3) is 0 Å². The zero-order chi connectivity index (χ0) is 17.3. The van der Waals surface area contributed by atoms with Gasteiger partial charge in [-0.2, -0.15) is 35.1 Å². The van der Waals surface area contributed by atoms with Gasteiger partial charge in [0, 0.05) is 6.42 Å². The number of unbranched alkanes of at least 4 members (excludes halogenated alkanes) is 2. The maximum atomic E-state index is 13.1. The summed E-state index contributed by atoms with van der Waals surface area (Å²) in [6.45, 7) is 1.48. The van der Waals surface area contributed by atoms with Crippen LogP contribution in [0, 0.1) is 0 Å². The average Bonchev–Trinajstić information content (AvgIpc) is 2.26. The van der Waals surface area contributed by atoms with Crippen molar-refractivity contribution in [2.24, 2.45) is 0 Å². The quantitative estimate of drug-likeness (QED) is 0.264. The van der Waals surface area contributed by atoms with E-state index in [0.717, 1.165) is 0 Å². The van der Waals surface area contributed by atoms with Gasteiger partial charge in [0.15, 0.2) is 10.1 Å². The molecule has 22 heavy (non-hydrogen) atoms. The number of hydrogen-bond donors (Lipinski definition) is 0. The smallest absolute Gasteiger partial charge is 0.743 e. The third-order valence-corrected chi connectivity index (χ3v) is 3.51. The van der Waals surface area contributed by atoms with Crippen LogP contribution in [0.5, 0.6) is 0 Å². The van der Waals surface area contributed by atoms with E-state index in [2.05, 4.69) is 0 Å². The van der Waals surface area contributed by atoms with Gasteiger partial charge in [0.1, 0.15) is 0 Å². The molecule has 0 aliphatic carbocycles.